The highest BCUT2D eigenvalue weighted by Gasteiger charge is 2.21. The van der Waals surface area contributed by atoms with E-state index in [9.17, 15) is 8.42 Å². The van der Waals surface area contributed by atoms with Gasteiger partial charge in [0.05, 0.1) is 21.9 Å². The number of nitrogens with one attached hydrogen (secondary N) is 1. The average molecular weight is 450 g/mol. The van der Waals surface area contributed by atoms with Crippen LogP contribution in [-0.2, 0) is 16.6 Å². The maximum atomic E-state index is 12.9. The standard InChI is InChI=1S/C22H31N3O3S2/c1-15(2)11-25(13-19-14-29-22(23-19)16(3)4)12-17(5)24-30(26,27)20-6-7-21-18(10-20)8-9-28-21/h6-10,14-17,24H,11-13H2,1-5H3/t17-/m0/s1. The average Bonchev–Trinajstić information content (AvgIpc) is 3.28. The molecule has 3 rings (SSSR count). The molecule has 164 valence electrons. The molecule has 0 fully saturated rings. The number of sulfonamides is 1. The second kappa shape index (κ2) is 9.60. The van der Waals surface area contributed by atoms with Crippen LogP contribution >= 0.6 is 11.3 Å². The lowest BCUT2D eigenvalue weighted by molar-refractivity contribution is 0.219. The van der Waals surface area contributed by atoms with Gasteiger partial charge in [0.2, 0.25) is 10.0 Å². The van der Waals surface area contributed by atoms with E-state index >= 15 is 0 Å². The molecular weight excluding hydrogens is 418 g/mol. The molecule has 0 unspecified atom stereocenters. The summed E-state index contributed by atoms with van der Waals surface area (Å²) in [6, 6.07) is 6.44. The molecule has 0 aliphatic heterocycles. The molecule has 8 heteroatoms. The van der Waals surface area contributed by atoms with E-state index in [0.717, 1.165) is 22.6 Å². The smallest absolute Gasteiger partial charge is 0.240 e. The number of hydrogen-bond donors (Lipinski definition) is 1. The Hall–Kier alpha value is -1.74. The van der Waals surface area contributed by atoms with Crippen molar-refractivity contribution in [2.24, 2.45) is 5.92 Å². The molecule has 0 spiro atoms. The topological polar surface area (TPSA) is 75.4 Å². The largest absolute Gasteiger partial charge is 0.464 e. The van der Waals surface area contributed by atoms with Gasteiger partial charge in [-0.3, -0.25) is 4.90 Å². The van der Waals surface area contributed by atoms with Crippen LogP contribution in [-0.4, -0.2) is 37.4 Å². The van der Waals surface area contributed by atoms with Crippen molar-refractivity contribution in [1.82, 2.24) is 14.6 Å². The molecule has 0 amide bonds. The first-order chi connectivity index (χ1) is 14.1. The number of hydrogen-bond acceptors (Lipinski definition) is 6. The minimum Gasteiger partial charge on any atom is -0.464 e. The van der Waals surface area contributed by atoms with Crippen LogP contribution in [0.3, 0.4) is 0 Å². The van der Waals surface area contributed by atoms with Crippen LogP contribution in [0.25, 0.3) is 11.0 Å². The molecule has 1 atom stereocenters. The first-order valence-corrected chi connectivity index (χ1v) is 12.7. The van der Waals surface area contributed by atoms with Crippen LogP contribution in [0.4, 0.5) is 0 Å². The van der Waals surface area contributed by atoms with Crippen molar-refractivity contribution in [1.29, 1.82) is 0 Å². The summed E-state index contributed by atoms with van der Waals surface area (Å²) < 4.78 is 33.9. The molecule has 0 aliphatic carbocycles. The lowest BCUT2D eigenvalue weighted by Gasteiger charge is -2.27. The molecular formula is C22H31N3O3S2. The van der Waals surface area contributed by atoms with Gasteiger partial charge in [0.25, 0.3) is 0 Å². The van der Waals surface area contributed by atoms with Gasteiger partial charge in [0.15, 0.2) is 0 Å². The summed E-state index contributed by atoms with van der Waals surface area (Å²) in [5, 5.41) is 4.02. The Kier molecular flexibility index (Phi) is 7.34. The maximum Gasteiger partial charge on any atom is 0.240 e. The van der Waals surface area contributed by atoms with Crippen molar-refractivity contribution in [3.63, 3.8) is 0 Å². The Balaban J connectivity index is 1.68. The van der Waals surface area contributed by atoms with Crippen molar-refractivity contribution in [3.05, 3.63) is 46.6 Å². The Bertz CT molecular complexity index is 1070. The molecule has 0 saturated heterocycles. The summed E-state index contributed by atoms with van der Waals surface area (Å²) in [6.07, 6.45) is 1.56. The number of nitrogens with zero attached hydrogens (tertiary/aromatic N) is 2. The summed E-state index contributed by atoms with van der Waals surface area (Å²) in [6.45, 7) is 12.7. The molecule has 3 aromatic rings. The minimum absolute atomic E-state index is 0.239. The highest BCUT2D eigenvalue weighted by molar-refractivity contribution is 7.89. The molecule has 0 saturated carbocycles. The third-order valence-electron chi connectivity index (χ3n) is 4.69. The quantitative estimate of drug-likeness (QED) is 0.479. The molecule has 2 heterocycles. The first kappa shape index (κ1) is 22.9. The highest BCUT2D eigenvalue weighted by Crippen LogP contribution is 2.22. The number of thiazole rings is 1. The molecule has 0 bridgehead atoms. The van der Waals surface area contributed by atoms with Crippen LogP contribution < -0.4 is 4.72 Å². The maximum absolute atomic E-state index is 12.9. The molecule has 2 aromatic heterocycles. The van der Waals surface area contributed by atoms with Crippen LogP contribution in [0.1, 0.15) is 51.2 Å². The molecule has 1 N–H and O–H groups in total. The van der Waals surface area contributed by atoms with E-state index in [1.165, 1.54) is 0 Å². The van der Waals surface area contributed by atoms with E-state index in [0.29, 0.717) is 30.5 Å². The van der Waals surface area contributed by atoms with E-state index in [-0.39, 0.29) is 10.9 Å². The highest BCUT2D eigenvalue weighted by atomic mass is 32.2. The van der Waals surface area contributed by atoms with Gasteiger partial charge < -0.3 is 4.42 Å². The Morgan fingerprint density at radius 3 is 2.57 bits per heavy atom. The van der Waals surface area contributed by atoms with Crippen LogP contribution in [0.15, 0.2) is 45.2 Å². The predicted molar refractivity (Wildman–Crippen MR) is 122 cm³/mol. The summed E-state index contributed by atoms with van der Waals surface area (Å²) >= 11 is 1.69. The fraction of sp³-hybridized carbons (Fsp3) is 0.500. The summed E-state index contributed by atoms with van der Waals surface area (Å²) in [7, 11) is -3.61. The summed E-state index contributed by atoms with van der Waals surface area (Å²) in [5.74, 6) is 0.890. The van der Waals surface area contributed by atoms with Gasteiger partial charge in [-0.05, 0) is 37.1 Å². The van der Waals surface area contributed by atoms with Gasteiger partial charge in [-0.25, -0.2) is 18.1 Å². The zero-order chi connectivity index (χ0) is 21.9. The minimum atomic E-state index is -3.61. The Labute approximate surface area is 183 Å². The number of aromatic nitrogens is 1. The van der Waals surface area contributed by atoms with Gasteiger partial charge >= 0.3 is 0 Å². The summed E-state index contributed by atoms with van der Waals surface area (Å²) in [4.78, 5) is 7.26. The second-order valence-corrected chi connectivity index (χ2v) is 11.2. The number of fused-ring (bicyclic) bond motifs is 1. The van der Waals surface area contributed by atoms with Crippen LogP contribution in [0, 0.1) is 5.92 Å². The van der Waals surface area contributed by atoms with Gasteiger partial charge in [0.1, 0.15) is 5.58 Å². The van der Waals surface area contributed by atoms with Gasteiger partial charge in [-0.2, -0.15) is 0 Å². The second-order valence-electron chi connectivity index (χ2n) is 8.56. The fourth-order valence-corrected chi connectivity index (χ4v) is 5.57. The molecule has 0 radical (unpaired) electrons. The van der Waals surface area contributed by atoms with E-state index in [4.69, 9.17) is 9.40 Å². The van der Waals surface area contributed by atoms with Crippen molar-refractivity contribution in [2.45, 2.75) is 58.0 Å². The first-order valence-electron chi connectivity index (χ1n) is 10.3. The lowest BCUT2D eigenvalue weighted by Crippen LogP contribution is -2.42. The molecule has 6 nitrogen and oxygen atoms in total. The van der Waals surface area contributed by atoms with E-state index in [2.05, 4.69) is 42.7 Å². The third kappa shape index (κ3) is 5.91. The third-order valence-corrected chi connectivity index (χ3v) is 7.48. The van der Waals surface area contributed by atoms with Crippen molar-refractivity contribution >= 4 is 32.3 Å². The normalized spacial score (nSPS) is 13.7. The number of furan rings is 1. The Morgan fingerprint density at radius 2 is 1.90 bits per heavy atom. The SMILES string of the molecule is CC(C)CN(Cc1csc(C(C)C)n1)C[C@H](C)NS(=O)(=O)c1ccc2occc2c1. The van der Waals surface area contributed by atoms with Gasteiger partial charge in [0, 0.05) is 42.4 Å². The van der Waals surface area contributed by atoms with Crippen LogP contribution in [0.5, 0.6) is 0 Å². The zero-order valence-corrected chi connectivity index (χ0v) is 19.9. The van der Waals surface area contributed by atoms with Crippen LogP contribution in [0.2, 0.25) is 0 Å². The van der Waals surface area contributed by atoms with E-state index in [1.807, 2.05) is 6.92 Å². The van der Waals surface area contributed by atoms with Crippen molar-refractivity contribution in [3.8, 4) is 0 Å². The van der Waals surface area contributed by atoms with Crippen molar-refractivity contribution in [2.75, 3.05) is 13.1 Å². The lowest BCUT2D eigenvalue weighted by atomic mass is 10.2. The summed E-state index contributed by atoms with van der Waals surface area (Å²) in [5.41, 5.74) is 1.72. The predicted octanol–water partition coefficient (Wildman–Crippen LogP) is 4.84. The number of rotatable bonds is 10. The number of benzene rings is 1. The molecule has 1 aromatic carbocycles. The molecule has 30 heavy (non-hydrogen) atoms. The Morgan fingerprint density at radius 1 is 1.13 bits per heavy atom. The zero-order valence-electron chi connectivity index (χ0n) is 18.3. The van der Waals surface area contributed by atoms with Crippen molar-refractivity contribution < 1.29 is 12.8 Å². The monoisotopic (exact) mass is 449 g/mol. The van der Waals surface area contributed by atoms with Gasteiger partial charge in [-0.1, -0.05) is 27.7 Å². The van der Waals surface area contributed by atoms with Gasteiger partial charge in [-0.15, -0.1) is 11.3 Å². The molecule has 0 aliphatic rings. The van der Waals surface area contributed by atoms with E-state index < -0.39 is 10.0 Å². The fourth-order valence-electron chi connectivity index (χ4n) is 3.48. The van der Waals surface area contributed by atoms with E-state index in [1.54, 1.807) is 41.9 Å².